The van der Waals surface area contributed by atoms with E-state index in [-0.39, 0.29) is 0 Å². The van der Waals surface area contributed by atoms with Crippen LogP contribution in [0.3, 0.4) is 0 Å². The summed E-state index contributed by atoms with van der Waals surface area (Å²) in [5, 5.41) is 4.87. The van der Waals surface area contributed by atoms with E-state index in [9.17, 15) is 0 Å². The predicted molar refractivity (Wildman–Crippen MR) is 226 cm³/mol. The van der Waals surface area contributed by atoms with E-state index in [2.05, 4.69) is 182 Å². The third-order valence-electron chi connectivity index (χ3n) is 10.9. The lowest BCUT2D eigenvalue weighted by Gasteiger charge is -2.37. The lowest BCUT2D eigenvalue weighted by molar-refractivity contribution is 0.813. The van der Waals surface area contributed by atoms with Gasteiger partial charge in [0.2, 0.25) is 0 Å². The van der Waals surface area contributed by atoms with Crippen molar-refractivity contribution < 1.29 is 0 Å². The normalized spacial score (nSPS) is 15.2. The van der Waals surface area contributed by atoms with E-state index in [4.69, 9.17) is 0 Å². The van der Waals surface area contributed by atoms with Crippen LogP contribution < -0.4 is 15.9 Å². The minimum absolute atomic E-state index is 0.345. The van der Waals surface area contributed by atoms with Crippen LogP contribution in [0.1, 0.15) is 200 Å². The first-order valence-electron chi connectivity index (χ1n) is 19.6. The Bertz CT molecular complexity index is 1590. The summed E-state index contributed by atoms with van der Waals surface area (Å²) in [6, 6.07) is 15.6. The largest absolute Gasteiger partial charge is 0.0732 e. The zero-order valence-corrected chi connectivity index (χ0v) is 34.6. The Morgan fingerprint density at radius 3 is 0.800 bits per heavy atom. The highest BCUT2D eigenvalue weighted by Gasteiger charge is 2.35. The molecule has 0 unspecified atom stereocenters. The van der Waals surface area contributed by atoms with Gasteiger partial charge in [-0.05, 0) is 115 Å². The molecule has 0 fully saturated rings. The van der Waals surface area contributed by atoms with E-state index >= 15 is 0 Å². The first kappa shape index (κ1) is 38.3. The molecule has 2 aliphatic rings. The fourth-order valence-electron chi connectivity index (χ4n) is 7.89. The summed E-state index contributed by atoms with van der Waals surface area (Å²) in [6.07, 6.45) is 18.3. The molecular formula is C49H65P. The summed E-state index contributed by atoms with van der Waals surface area (Å²) in [4.78, 5) is 0. The first-order chi connectivity index (χ1) is 23.6. The number of benzene rings is 3. The van der Waals surface area contributed by atoms with Crippen LogP contribution in [0.4, 0.5) is 0 Å². The molecule has 5 rings (SSSR count). The maximum Gasteiger partial charge on any atom is 0.0205 e. The number of rotatable bonds is 12. The molecule has 0 N–H and O–H groups in total. The van der Waals surface area contributed by atoms with Gasteiger partial charge in [-0.15, -0.1) is 0 Å². The van der Waals surface area contributed by atoms with Gasteiger partial charge in [-0.2, -0.15) is 0 Å². The third-order valence-corrected chi connectivity index (χ3v) is 13.8. The van der Waals surface area contributed by atoms with Crippen molar-refractivity contribution in [3.63, 3.8) is 0 Å². The maximum atomic E-state index is 2.60. The number of hydrogen-bond donors (Lipinski definition) is 0. The van der Waals surface area contributed by atoms with E-state index < -0.39 is 7.92 Å². The van der Waals surface area contributed by atoms with E-state index in [1.807, 2.05) is 0 Å². The second-order valence-electron chi connectivity index (χ2n) is 17.2. The zero-order valence-electron chi connectivity index (χ0n) is 33.7. The topological polar surface area (TPSA) is 0 Å². The lowest BCUT2D eigenvalue weighted by atomic mass is 9.88. The summed E-state index contributed by atoms with van der Waals surface area (Å²) in [6.45, 7) is 33.9. The Labute approximate surface area is 308 Å². The average Bonchev–Trinajstić information content (AvgIpc) is 3.79. The summed E-state index contributed by atoms with van der Waals surface area (Å²) < 4.78 is 0. The number of hydrogen-bond acceptors (Lipinski definition) is 0. The van der Waals surface area contributed by atoms with Gasteiger partial charge in [0.15, 0.2) is 0 Å². The Kier molecular flexibility index (Phi) is 12.1. The van der Waals surface area contributed by atoms with Crippen LogP contribution in [0.25, 0.3) is 0 Å². The summed E-state index contributed by atoms with van der Waals surface area (Å²) in [5.74, 6) is 3.62. The van der Waals surface area contributed by atoms with Crippen LogP contribution >= 0.6 is 7.92 Å². The Morgan fingerprint density at radius 2 is 0.580 bits per heavy atom. The Hall–Kier alpha value is -2.95. The Balaban J connectivity index is 2.04. The van der Waals surface area contributed by atoms with Crippen molar-refractivity contribution in [2.45, 2.75) is 150 Å². The van der Waals surface area contributed by atoms with E-state index in [1.54, 1.807) is 49.3 Å². The smallest absolute Gasteiger partial charge is 0.0205 e. The highest BCUT2D eigenvalue weighted by molar-refractivity contribution is 7.80. The summed E-state index contributed by atoms with van der Waals surface area (Å²) in [5.41, 5.74) is 13.6. The Morgan fingerprint density at radius 1 is 0.340 bits per heavy atom. The molecule has 0 atom stereocenters. The SMILES string of the molecule is CC(C)c1cc(C(C)C)c(P(c2c(C(C)C)cc(C3C=CC=C3)cc2C(C)C)c2c(C(C)C)cc(C3C=CC=C3)cc2C(C)C)c(C(C)C)c1. The van der Waals surface area contributed by atoms with Crippen molar-refractivity contribution in [1.29, 1.82) is 0 Å². The van der Waals surface area contributed by atoms with Crippen LogP contribution in [0.15, 0.2) is 85.0 Å². The van der Waals surface area contributed by atoms with Crippen molar-refractivity contribution in [2.75, 3.05) is 0 Å². The van der Waals surface area contributed by atoms with Crippen molar-refractivity contribution in [3.05, 3.63) is 135 Å². The van der Waals surface area contributed by atoms with Gasteiger partial charge in [-0.3, -0.25) is 0 Å². The lowest BCUT2D eigenvalue weighted by Crippen LogP contribution is -2.35. The van der Waals surface area contributed by atoms with Gasteiger partial charge in [-0.1, -0.05) is 182 Å². The minimum Gasteiger partial charge on any atom is -0.0732 e. The van der Waals surface area contributed by atoms with Crippen molar-refractivity contribution in [1.82, 2.24) is 0 Å². The molecule has 266 valence electrons. The zero-order chi connectivity index (χ0) is 36.6. The van der Waals surface area contributed by atoms with Crippen LogP contribution in [0.5, 0.6) is 0 Å². The molecule has 0 saturated carbocycles. The second-order valence-corrected chi connectivity index (χ2v) is 19.2. The molecule has 0 radical (unpaired) electrons. The van der Waals surface area contributed by atoms with E-state index in [1.165, 1.54) is 16.7 Å². The standard InChI is InChI=1S/C49H65P/c1-29(2)38-23-41(30(3)4)47(42(24-38)31(5)6)50(48-43(32(7)8)25-39(26-44(48)33(9)10)36-19-15-16-20-36)49-45(34(11)12)27-40(28-46(49)35(13)14)37-21-17-18-22-37/h15-37H,1-14H3. The molecule has 3 aromatic carbocycles. The minimum atomic E-state index is -0.918. The third kappa shape index (κ3) is 7.63. The van der Waals surface area contributed by atoms with Crippen LogP contribution in [0.2, 0.25) is 0 Å². The highest BCUT2D eigenvalue weighted by atomic mass is 31.1. The fourth-order valence-corrected chi connectivity index (χ4v) is 12.0. The van der Waals surface area contributed by atoms with Crippen molar-refractivity contribution >= 4 is 23.8 Å². The van der Waals surface area contributed by atoms with Gasteiger partial charge in [0.25, 0.3) is 0 Å². The summed E-state index contributed by atoms with van der Waals surface area (Å²) in [7, 11) is -0.918. The van der Waals surface area contributed by atoms with Gasteiger partial charge < -0.3 is 0 Å². The molecule has 0 aliphatic heterocycles. The van der Waals surface area contributed by atoms with Crippen LogP contribution in [-0.4, -0.2) is 0 Å². The predicted octanol–water partition coefficient (Wildman–Crippen LogP) is 13.7. The first-order valence-corrected chi connectivity index (χ1v) is 21.0. The average molecular weight is 685 g/mol. The molecule has 0 heterocycles. The van der Waals surface area contributed by atoms with Gasteiger partial charge in [0, 0.05) is 11.8 Å². The van der Waals surface area contributed by atoms with E-state index in [0.29, 0.717) is 53.3 Å². The maximum absolute atomic E-state index is 2.60. The number of allylic oxidation sites excluding steroid dienone is 8. The molecule has 2 aliphatic carbocycles. The summed E-state index contributed by atoms with van der Waals surface area (Å²) >= 11 is 0. The fraction of sp³-hybridized carbons (Fsp3) is 0.469. The molecule has 0 saturated heterocycles. The molecule has 1 heteroatoms. The van der Waals surface area contributed by atoms with E-state index in [0.717, 1.165) is 0 Å². The highest BCUT2D eigenvalue weighted by Crippen LogP contribution is 2.49. The molecule has 0 spiro atoms. The monoisotopic (exact) mass is 684 g/mol. The van der Waals surface area contributed by atoms with Crippen LogP contribution in [0, 0.1) is 0 Å². The molecule has 0 aromatic heterocycles. The van der Waals surface area contributed by atoms with Crippen molar-refractivity contribution in [2.24, 2.45) is 0 Å². The molecule has 0 bridgehead atoms. The van der Waals surface area contributed by atoms with Gasteiger partial charge in [0.05, 0.1) is 0 Å². The van der Waals surface area contributed by atoms with Crippen LogP contribution in [-0.2, 0) is 0 Å². The second kappa shape index (κ2) is 15.7. The van der Waals surface area contributed by atoms with Crippen molar-refractivity contribution in [3.8, 4) is 0 Å². The quantitative estimate of drug-likeness (QED) is 0.167. The molecule has 0 amide bonds. The van der Waals surface area contributed by atoms with Gasteiger partial charge in [-0.25, -0.2) is 0 Å². The van der Waals surface area contributed by atoms with Gasteiger partial charge in [0.1, 0.15) is 0 Å². The molecule has 50 heavy (non-hydrogen) atoms. The molecule has 3 aromatic rings. The molecule has 0 nitrogen and oxygen atoms in total. The van der Waals surface area contributed by atoms with Gasteiger partial charge >= 0.3 is 0 Å². The molecular weight excluding hydrogens is 620 g/mol.